The van der Waals surface area contributed by atoms with Gasteiger partial charge in [0.15, 0.2) is 0 Å². The van der Waals surface area contributed by atoms with Gasteiger partial charge in [-0.15, -0.1) is 33.3 Å². The summed E-state index contributed by atoms with van der Waals surface area (Å²) in [5.41, 5.74) is 3.28. The van der Waals surface area contributed by atoms with Crippen molar-refractivity contribution in [2.75, 3.05) is 26.9 Å². The van der Waals surface area contributed by atoms with E-state index in [0.717, 1.165) is 10.4 Å². The van der Waals surface area contributed by atoms with Crippen molar-refractivity contribution in [1.29, 1.82) is 0 Å². The molecule has 8 atom stereocenters. The summed E-state index contributed by atoms with van der Waals surface area (Å²) < 4.78 is 21.0. The predicted octanol–water partition coefficient (Wildman–Crippen LogP) is 1.03. The second-order valence-corrected chi connectivity index (χ2v) is 11.8. The van der Waals surface area contributed by atoms with E-state index in [1.54, 1.807) is 33.5 Å². The Labute approximate surface area is 237 Å². The summed E-state index contributed by atoms with van der Waals surface area (Å²) in [4.78, 5) is 4.92. The standard InChI is InChI=1S/C25H29N7O6S2/c1-36-24-21(32-9-16(28-30-32)19-7-26-13-39-19)23(35)18(10-33)38-25(24)40-20-12-37-11-17(22(20)34)31-8-15(27-29-31)14-5-3-2-4-6-14/h2-9,13,17-18,20-25,33-35H,10-12H2,1H3. The first kappa shape index (κ1) is 27.4. The van der Waals surface area contributed by atoms with Gasteiger partial charge in [0.25, 0.3) is 0 Å². The molecule has 0 spiro atoms. The van der Waals surface area contributed by atoms with Gasteiger partial charge in [-0.05, 0) is 0 Å². The summed E-state index contributed by atoms with van der Waals surface area (Å²) in [5.74, 6) is 0. The Morgan fingerprint density at radius 3 is 2.58 bits per heavy atom. The number of nitrogens with zero attached hydrogens (tertiary/aromatic N) is 7. The SMILES string of the molecule is COC1C(SC2COCC(n3cc(-c4ccccc4)nn3)C2O)OC(CO)C(O)C1n1cc(-c2cncs2)nn1. The molecule has 8 unspecified atom stereocenters. The minimum atomic E-state index is -1.12. The van der Waals surface area contributed by atoms with Gasteiger partial charge in [-0.25, -0.2) is 9.36 Å². The fraction of sp³-hybridized carbons (Fsp3) is 0.480. The Morgan fingerprint density at radius 2 is 1.82 bits per heavy atom. The summed E-state index contributed by atoms with van der Waals surface area (Å²) >= 11 is 2.76. The molecular formula is C25H29N7O6S2. The van der Waals surface area contributed by atoms with Gasteiger partial charge in [-0.1, -0.05) is 40.8 Å². The molecule has 3 aromatic heterocycles. The number of hydrogen-bond acceptors (Lipinski definition) is 13. The smallest absolute Gasteiger partial charge is 0.132 e. The molecule has 1 aromatic carbocycles. The number of aromatic nitrogens is 7. The van der Waals surface area contributed by atoms with Crippen LogP contribution in [0.3, 0.4) is 0 Å². The Bertz CT molecular complexity index is 1370. The van der Waals surface area contributed by atoms with Crippen molar-refractivity contribution in [3.63, 3.8) is 0 Å². The van der Waals surface area contributed by atoms with Gasteiger partial charge in [-0.2, -0.15) is 0 Å². The van der Waals surface area contributed by atoms with Crippen molar-refractivity contribution in [2.45, 2.75) is 47.2 Å². The lowest BCUT2D eigenvalue weighted by atomic mass is 9.97. The number of aliphatic hydroxyl groups excluding tert-OH is 3. The Kier molecular flexibility index (Phi) is 8.22. The molecule has 5 heterocycles. The normalized spacial score (nSPS) is 30.9. The van der Waals surface area contributed by atoms with Crippen molar-refractivity contribution in [3.8, 4) is 21.8 Å². The van der Waals surface area contributed by atoms with E-state index < -0.39 is 53.8 Å². The third kappa shape index (κ3) is 5.31. The molecule has 4 aromatic rings. The zero-order valence-corrected chi connectivity index (χ0v) is 23.1. The third-order valence-corrected chi connectivity index (χ3v) is 9.38. The summed E-state index contributed by atoms with van der Waals surface area (Å²) in [7, 11) is 1.53. The molecule has 2 aliphatic rings. The van der Waals surface area contributed by atoms with Crippen LogP contribution in [-0.2, 0) is 14.2 Å². The first-order chi connectivity index (χ1) is 19.6. The number of hydrogen-bond donors (Lipinski definition) is 3. The van der Waals surface area contributed by atoms with Crippen molar-refractivity contribution < 1.29 is 29.5 Å². The molecule has 2 fully saturated rings. The van der Waals surface area contributed by atoms with E-state index in [4.69, 9.17) is 14.2 Å². The van der Waals surface area contributed by atoms with E-state index in [-0.39, 0.29) is 13.2 Å². The minimum absolute atomic E-state index is 0.273. The van der Waals surface area contributed by atoms with E-state index >= 15 is 0 Å². The summed E-state index contributed by atoms with van der Waals surface area (Å²) in [6, 6.07) is 8.52. The fourth-order valence-corrected chi connectivity index (χ4v) is 7.12. The largest absolute Gasteiger partial charge is 0.394 e. The second-order valence-electron chi connectivity index (χ2n) is 9.58. The van der Waals surface area contributed by atoms with Crippen molar-refractivity contribution in [3.05, 3.63) is 54.4 Å². The average Bonchev–Trinajstić information content (AvgIpc) is 3.77. The van der Waals surface area contributed by atoms with Crippen LogP contribution in [0.15, 0.2) is 54.4 Å². The van der Waals surface area contributed by atoms with Gasteiger partial charge in [-0.3, -0.25) is 4.98 Å². The van der Waals surface area contributed by atoms with Crippen LogP contribution in [0.2, 0.25) is 0 Å². The van der Waals surface area contributed by atoms with Gasteiger partial charge < -0.3 is 29.5 Å². The first-order valence-electron chi connectivity index (χ1n) is 12.7. The zero-order valence-electron chi connectivity index (χ0n) is 21.4. The van der Waals surface area contributed by atoms with Crippen LogP contribution in [0.25, 0.3) is 21.8 Å². The Hall–Kier alpha value is -2.76. The van der Waals surface area contributed by atoms with E-state index in [1.807, 2.05) is 30.3 Å². The maximum Gasteiger partial charge on any atom is 0.132 e. The van der Waals surface area contributed by atoms with Gasteiger partial charge >= 0.3 is 0 Å². The highest BCUT2D eigenvalue weighted by molar-refractivity contribution is 8.00. The molecule has 40 heavy (non-hydrogen) atoms. The van der Waals surface area contributed by atoms with Crippen molar-refractivity contribution >= 4 is 23.1 Å². The molecule has 6 rings (SSSR count). The van der Waals surface area contributed by atoms with Crippen LogP contribution in [0.1, 0.15) is 12.1 Å². The van der Waals surface area contributed by atoms with Crippen molar-refractivity contribution in [2.24, 2.45) is 0 Å². The third-order valence-electron chi connectivity index (χ3n) is 7.17. The van der Waals surface area contributed by atoms with Crippen LogP contribution >= 0.6 is 23.1 Å². The van der Waals surface area contributed by atoms with E-state index in [2.05, 4.69) is 25.6 Å². The molecule has 0 amide bonds. The lowest BCUT2D eigenvalue weighted by Gasteiger charge is -2.45. The van der Waals surface area contributed by atoms with Crippen molar-refractivity contribution in [1.82, 2.24) is 35.0 Å². The molecule has 2 aliphatic heterocycles. The van der Waals surface area contributed by atoms with Gasteiger partial charge in [0.2, 0.25) is 0 Å². The van der Waals surface area contributed by atoms with Gasteiger partial charge in [0, 0.05) is 18.9 Å². The van der Waals surface area contributed by atoms with Gasteiger partial charge in [0.1, 0.15) is 47.2 Å². The van der Waals surface area contributed by atoms with Crippen LogP contribution < -0.4 is 0 Å². The van der Waals surface area contributed by atoms with Crippen LogP contribution in [0.4, 0.5) is 0 Å². The predicted molar refractivity (Wildman–Crippen MR) is 145 cm³/mol. The molecule has 0 saturated carbocycles. The number of methoxy groups -OCH3 is 1. The number of thioether (sulfide) groups is 1. The zero-order chi connectivity index (χ0) is 27.6. The molecule has 13 nitrogen and oxygen atoms in total. The number of benzene rings is 1. The Morgan fingerprint density at radius 1 is 1.05 bits per heavy atom. The lowest BCUT2D eigenvalue weighted by Crippen LogP contribution is -2.56. The lowest BCUT2D eigenvalue weighted by molar-refractivity contribution is -0.186. The maximum atomic E-state index is 11.4. The molecule has 0 bridgehead atoms. The van der Waals surface area contributed by atoms with E-state index in [1.165, 1.54) is 30.2 Å². The highest BCUT2D eigenvalue weighted by Crippen LogP contribution is 2.41. The quantitative estimate of drug-likeness (QED) is 0.269. The number of aliphatic hydroxyl groups is 3. The summed E-state index contributed by atoms with van der Waals surface area (Å²) in [6.45, 7) is 0.138. The van der Waals surface area contributed by atoms with E-state index in [9.17, 15) is 15.3 Å². The number of rotatable bonds is 8. The van der Waals surface area contributed by atoms with Crippen LogP contribution in [0, 0.1) is 0 Å². The summed E-state index contributed by atoms with van der Waals surface area (Å²) in [6.07, 6.45) is 1.68. The highest BCUT2D eigenvalue weighted by Gasteiger charge is 2.49. The highest BCUT2D eigenvalue weighted by atomic mass is 32.2. The monoisotopic (exact) mass is 587 g/mol. The fourth-order valence-electron chi connectivity index (χ4n) is 5.06. The first-order valence-corrected chi connectivity index (χ1v) is 14.6. The molecule has 212 valence electrons. The number of thiazole rings is 1. The molecule has 0 aliphatic carbocycles. The topological polar surface area (TPSA) is 163 Å². The molecule has 2 saturated heterocycles. The van der Waals surface area contributed by atoms with Gasteiger partial charge in [0.05, 0.1) is 54.0 Å². The van der Waals surface area contributed by atoms with E-state index in [0.29, 0.717) is 11.4 Å². The Balaban J connectivity index is 1.21. The molecule has 0 radical (unpaired) electrons. The summed E-state index contributed by atoms with van der Waals surface area (Å²) in [5, 5.41) is 49.2. The molecular weight excluding hydrogens is 558 g/mol. The maximum absolute atomic E-state index is 11.4. The minimum Gasteiger partial charge on any atom is -0.394 e. The van der Waals surface area contributed by atoms with Crippen LogP contribution in [0.5, 0.6) is 0 Å². The molecule has 15 heteroatoms. The van der Waals surface area contributed by atoms with Crippen LogP contribution in [-0.4, -0.2) is 112 Å². The molecule has 3 N–H and O–H groups in total. The number of ether oxygens (including phenoxy) is 3. The second kappa shape index (κ2) is 12.0. The average molecular weight is 588 g/mol.